The predicted molar refractivity (Wildman–Crippen MR) is 79.8 cm³/mol. The van der Waals surface area contributed by atoms with Crippen molar-refractivity contribution >= 4 is 23.0 Å². The van der Waals surface area contributed by atoms with Gasteiger partial charge < -0.3 is 21.5 Å². The molecule has 0 atom stereocenters. The lowest BCUT2D eigenvalue weighted by atomic mass is 10.1. The molecule has 0 aromatic heterocycles. The van der Waals surface area contributed by atoms with Gasteiger partial charge in [-0.2, -0.15) is 0 Å². The maximum absolute atomic E-state index is 11.5. The van der Waals surface area contributed by atoms with Crippen LogP contribution in [-0.4, -0.2) is 13.0 Å². The van der Waals surface area contributed by atoms with Crippen molar-refractivity contribution in [1.82, 2.24) is 0 Å². The van der Waals surface area contributed by atoms with E-state index in [9.17, 15) is 4.79 Å². The quantitative estimate of drug-likeness (QED) is 0.727. The van der Waals surface area contributed by atoms with E-state index >= 15 is 0 Å². The van der Waals surface area contributed by atoms with E-state index in [0.29, 0.717) is 23.5 Å². The third-order valence-electron chi connectivity index (χ3n) is 2.90. The molecule has 0 fully saturated rings. The number of nitrogens with one attached hydrogen (secondary N) is 1. The summed E-state index contributed by atoms with van der Waals surface area (Å²) in [7, 11) is 1.63. The molecule has 0 aliphatic rings. The Balaban J connectivity index is 2.37. The van der Waals surface area contributed by atoms with Crippen molar-refractivity contribution < 1.29 is 9.53 Å². The van der Waals surface area contributed by atoms with E-state index in [-0.39, 0.29) is 0 Å². The summed E-state index contributed by atoms with van der Waals surface area (Å²) in [5.41, 5.74) is 14.4. The number of carbonyl (C=O) groups is 1. The van der Waals surface area contributed by atoms with Crippen molar-refractivity contribution in [3.8, 4) is 0 Å². The SMILES string of the molecule is COCc1ccccc1Nc1ccc(N)cc1C(N)=O. The Morgan fingerprint density at radius 1 is 1.20 bits per heavy atom. The molecule has 0 aliphatic carbocycles. The Kier molecular flexibility index (Phi) is 4.22. The molecule has 2 aromatic rings. The molecule has 0 radical (unpaired) electrons. The van der Waals surface area contributed by atoms with E-state index in [1.165, 1.54) is 0 Å². The maximum Gasteiger partial charge on any atom is 0.250 e. The number of rotatable bonds is 5. The van der Waals surface area contributed by atoms with Crippen molar-refractivity contribution in [2.75, 3.05) is 18.2 Å². The molecular formula is C15H17N3O2. The number of primary amides is 1. The van der Waals surface area contributed by atoms with Crippen LogP contribution in [0.25, 0.3) is 0 Å². The van der Waals surface area contributed by atoms with Crippen molar-refractivity contribution in [2.24, 2.45) is 5.73 Å². The number of nitrogen functional groups attached to an aromatic ring is 1. The first-order valence-electron chi connectivity index (χ1n) is 6.15. The minimum absolute atomic E-state index is 0.359. The Bertz CT molecular complexity index is 626. The monoisotopic (exact) mass is 271 g/mol. The summed E-state index contributed by atoms with van der Waals surface area (Å²) in [5.74, 6) is -0.524. The number of methoxy groups -OCH3 is 1. The fourth-order valence-corrected chi connectivity index (χ4v) is 1.94. The van der Waals surface area contributed by atoms with Crippen LogP contribution in [0.15, 0.2) is 42.5 Å². The van der Waals surface area contributed by atoms with E-state index < -0.39 is 5.91 Å². The van der Waals surface area contributed by atoms with Gasteiger partial charge >= 0.3 is 0 Å². The normalized spacial score (nSPS) is 10.2. The zero-order valence-corrected chi connectivity index (χ0v) is 11.2. The number of carbonyl (C=O) groups excluding carboxylic acids is 1. The summed E-state index contributed by atoms with van der Waals surface area (Å²) >= 11 is 0. The average molecular weight is 271 g/mol. The van der Waals surface area contributed by atoms with Gasteiger partial charge in [0.25, 0.3) is 5.91 Å². The molecule has 0 spiro atoms. The first-order chi connectivity index (χ1) is 9.61. The molecule has 0 aliphatic heterocycles. The molecule has 0 unspecified atom stereocenters. The molecule has 104 valence electrons. The van der Waals surface area contributed by atoms with Crippen molar-refractivity contribution in [3.05, 3.63) is 53.6 Å². The third-order valence-corrected chi connectivity index (χ3v) is 2.90. The Hall–Kier alpha value is -2.53. The van der Waals surface area contributed by atoms with Crippen molar-refractivity contribution in [3.63, 3.8) is 0 Å². The van der Waals surface area contributed by atoms with Gasteiger partial charge in [0, 0.05) is 24.0 Å². The van der Waals surface area contributed by atoms with E-state index in [1.54, 1.807) is 25.3 Å². The topological polar surface area (TPSA) is 90.4 Å². The van der Waals surface area contributed by atoms with Crippen LogP contribution in [0, 0.1) is 0 Å². The molecular weight excluding hydrogens is 254 g/mol. The largest absolute Gasteiger partial charge is 0.399 e. The van der Waals surface area contributed by atoms with Crippen LogP contribution < -0.4 is 16.8 Å². The summed E-state index contributed by atoms with van der Waals surface area (Å²) in [4.78, 5) is 11.5. The van der Waals surface area contributed by atoms with Gasteiger partial charge in [0.2, 0.25) is 0 Å². The number of hydrogen-bond donors (Lipinski definition) is 3. The van der Waals surface area contributed by atoms with Crippen molar-refractivity contribution in [2.45, 2.75) is 6.61 Å². The van der Waals surface area contributed by atoms with Gasteiger partial charge in [-0.1, -0.05) is 18.2 Å². The van der Waals surface area contributed by atoms with Crippen LogP contribution in [0.2, 0.25) is 0 Å². The molecule has 0 saturated heterocycles. The number of nitrogens with two attached hydrogens (primary N) is 2. The zero-order chi connectivity index (χ0) is 14.5. The number of ether oxygens (including phenoxy) is 1. The van der Waals surface area contributed by atoms with Gasteiger partial charge in [-0.3, -0.25) is 4.79 Å². The molecule has 0 heterocycles. The lowest BCUT2D eigenvalue weighted by Gasteiger charge is -2.14. The smallest absolute Gasteiger partial charge is 0.250 e. The van der Waals surface area contributed by atoms with Gasteiger partial charge in [0.1, 0.15) is 0 Å². The highest BCUT2D eigenvalue weighted by Gasteiger charge is 2.10. The summed E-state index contributed by atoms with van der Waals surface area (Å²) < 4.78 is 5.15. The maximum atomic E-state index is 11.5. The lowest BCUT2D eigenvalue weighted by molar-refractivity contribution is 0.100. The first kappa shape index (κ1) is 13.9. The highest BCUT2D eigenvalue weighted by atomic mass is 16.5. The number of anilines is 3. The second-order valence-electron chi connectivity index (χ2n) is 4.38. The van der Waals surface area contributed by atoms with Crippen molar-refractivity contribution in [1.29, 1.82) is 0 Å². The van der Waals surface area contributed by atoms with Crippen LogP contribution in [0.4, 0.5) is 17.1 Å². The summed E-state index contributed by atoms with van der Waals surface area (Å²) in [6.45, 7) is 0.476. The second kappa shape index (κ2) is 6.08. The van der Waals surface area contributed by atoms with Crippen LogP contribution >= 0.6 is 0 Å². The van der Waals surface area contributed by atoms with Gasteiger partial charge in [0.15, 0.2) is 0 Å². The van der Waals surface area contributed by atoms with E-state index in [0.717, 1.165) is 11.3 Å². The average Bonchev–Trinajstić information content (AvgIpc) is 2.43. The predicted octanol–water partition coefficient (Wildman–Crippen LogP) is 2.26. The standard InChI is InChI=1S/C15H17N3O2/c1-20-9-10-4-2-3-5-13(10)18-14-7-6-11(16)8-12(14)15(17)19/h2-8,18H,9,16H2,1H3,(H2,17,19). The molecule has 2 aromatic carbocycles. The van der Waals surface area contributed by atoms with E-state index in [4.69, 9.17) is 16.2 Å². The van der Waals surface area contributed by atoms with Gasteiger partial charge in [-0.25, -0.2) is 0 Å². The molecule has 0 bridgehead atoms. The zero-order valence-electron chi connectivity index (χ0n) is 11.2. The summed E-state index contributed by atoms with van der Waals surface area (Å²) in [6.07, 6.45) is 0. The number of hydrogen-bond acceptors (Lipinski definition) is 4. The number of benzene rings is 2. The van der Waals surface area contributed by atoms with Crippen LogP contribution in [0.3, 0.4) is 0 Å². The fourth-order valence-electron chi connectivity index (χ4n) is 1.94. The lowest BCUT2D eigenvalue weighted by Crippen LogP contribution is -2.14. The highest BCUT2D eigenvalue weighted by molar-refractivity contribution is 6.00. The van der Waals surface area contributed by atoms with E-state index in [1.807, 2.05) is 24.3 Å². The van der Waals surface area contributed by atoms with Crippen LogP contribution in [0.5, 0.6) is 0 Å². The van der Waals surface area contributed by atoms with Gasteiger partial charge in [-0.15, -0.1) is 0 Å². The molecule has 1 amide bonds. The number of para-hydroxylation sites is 1. The van der Waals surface area contributed by atoms with Crippen LogP contribution in [0.1, 0.15) is 15.9 Å². The van der Waals surface area contributed by atoms with Gasteiger partial charge in [0.05, 0.1) is 17.9 Å². The molecule has 2 rings (SSSR count). The van der Waals surface area contributed by atoms with Gasteiger partial charge in [-0.05, 0) is 24.3 Å². The first-order valence-corrected chi connectivity index (χ1v) is 6.15. The highest BCUT2D eigenvalue weighted by Crippen LogP contribution is 2.25. The summed E-state index contributed by atoms with van der Waals surface area (Å²) in [6, 6.07) is 12.7. The minimum atomic E-state index is -0.524. The molecule has 5 heteroatoms. The fraction of sp³-hybridized carbons (Fsp3) is 0.133. The minimum Gasteiger partial charge on any atom is -0.399 e. The third kappa shape index (κ3) is 3.07. The Labute approximate surface area is 117 Å². The van der Waals surface area contributed by atoms with Crippen LogP contribution in [-0.2, 0) is 11.3 Å². The second-order valence-corrected chi connectivity index (χ2v) is 4.38. The molecule has 0 saturated carbocycles. The molecule has 5 nitrogen and oxygen atoms in total. The Morgan fingerprint density at radius 3 is 2.65 bits per heavy atom. The Morgan fingerprint density at radius 2 is 1.95 bits per heavy atom. The number of amides is 1. The van der Waals surface area contributed by atoms with E-state index in [2.05, 4.69) is 5.32 Å². The molecule has 20 heavy (non-hydrogen) atoms. The molecule has 5 N–H and O–H groups in total. The summed E-state index contributed by atoms with van der Waals surface area (Å²) in [5, 5.41) is 3.20.